The molecule has 0 aromatic carbocycles. The van der Waals surface area contributed by atoms with Crippen molar-refractivity contribution in [3.8, 4) is 0 Å². The van der Waals surface area contributed by atoms with Crippen LogP contribution in [0.25, 0.3) is 0 Å². The van der Waals surface area contributed by atoms with Gasteiger partial charge in [0, 0.05) is 0 Å². The molecule has 0 unspecified atom stereocenters. The maximum atomic E-state index is 11.7. The van der Waals surface area contributed by atoms with Crippen molar-refractivity contribution in [1.82, 2.24) is 0 Å². The quantitative estimate of drug-likeness (QED) is 0.555. The van der Waals surface area contributed by atoms with Gasteiger partial charge in [0.05, 0.1) is 0 Å². The van der Waals surface area contributed by atoms with Crippen molar-refractivity contribution in [2.24, 2.45) is 0 Å². The summed E-state index contributed by atoms with van der Waals surface area (Å²) in [6, 6.07) is 0. The van der Waals surface area contributed by atoms with E-state index in [1.54, 1.807) is 0 Å². The van der Waals surface area contributed by atoms with Gasteiger partial charge in [0.1, 0.15) is 0 Å². The molecule has 106 valence electrons. The minimum Gasteiger partial charge on any atom is -0.309 e. The zero-order valence-corrected chi connectivity index (χ0v) is 13.5. The molecule has 0 saturated carbocycles. The zero-order chi connectivity index (χ0) is 10.2. The lowest BCUT2D eigenvalue weighted by molar-refractivity contribution is -0.0503. The Balaban J connectivity index is -0.000000101. The van der Waals surface area contributed by atoms with E-state index < -0.39 is 23.9 Å². The highest BCUT2D eigenvalue weighted by atomic mass is 35.5. The first-order chi connectivity index (χ1) is 4.96. The first-order valence-electron chi connectivity index (χ1n) is 2.98. The molecule has 0 rings (SSSR count). The molecule has 0 radical (unpaired) electrons. The molecule has 16 heavy (non-hydrogen) atoms. The average molecular weight is 368 g/mol. The molecule has 0 aliphatic rings. The second kappa shape index (κ2) is 9.07. The van der Waals surface area contributed by atoms with E-state index in [1.165, 1.54) is 19.6 Å². The minimum absolute atomic E-state index is 0. The van der Waals surface area contributed by atoms with E-state index in [0.29, 0.717) is 0 Å². The summed E-state index contributed by atoms with van der Waals surface area (Å²) in [5.41, 5.74) is -5.31. The predicted molar refractivity (Wildman–Crippen MR) is 68.4 cm³/mol. The summed E-state index contributed by atoms with van der Waals surface area (Å²) in [5.74, 6) is 0. The molecule has 0 N–H and O–H groups in total. The topological polar surface area (TPSA) is 43.4 Å². The van der Waals surface area contributed by atoms with Gasteiger partial charge in [-0.05, 0) is 19.6 Å². The van der Waals surface area contributed by atoms with Crippen LogP contribution in [0.15, 0.2) is 0 Å². The fourth-order valence-corrected chi connectivity index (χ4v) is 3.39. The van der Waals surface area contributed by atoms with Crippen molar-refractivity contribution >= 4 is 68.1 Å². The van der Waals surface area contributed by atoms with Crippen LogP contribution >= 0.6 is 49.6 Å². The maximum absolute atomic E-state index is 11.7. The average Bonchev–Trinajstić information content (AvgIpc) is 1.52. The normalized spacial score (nSPS) is 11.1. The molecule has 0 fully saturated rings. The Kier molecular flexibility index (Phi) is 17.1. The molecule has 0 aliphatic heterocycles. The van der Waals surface area contributed by atoms with E-state index in [2.05, 4.69) is 3.87 Å². The standard InChI is InChI=1S/C4H9F3O3SSi.4ClH/c1-12(2,3)10-11(8,9)4(5,6)7;;;;/h1-3H3;4*1H. The lowest BCUT2D eigenvalue weighted by Crippen LogP contribution is -2.36. The molecule has 0 spiro atoms. The second-order valence-electron chi connectivity index (χ2n) is 3.10. The highest BCUT2D eigenvalue weighted by molar-refractivity contribution is 7.88. The Morgan fingerprint density at radius 2 is 1.19 bits per heavy atom. The molecule has 0 atom stereocenters. The summed E-state index contributed by atoms with van der Waals surface area (Å²) in [4.78, 5) is 0. The monoisotopic (exact) mass is 366 g/mol. The minimum atomic E-state index is -5.39. The number of hydrogen-bond donors (Lipinski definition) is 0. The molecule has 0 aliphatic carbocycles. The Morgan fingerprint density at radius 1 is 0.938 bits per heavy atom. The van der Waals surface area contributed by atoms with Crippen molar-refractivity contribution in [2.45, 2.75) is 25.1 Å². The molecule has 0 aromatic rings. The van der Waals surface area contributed by atoms with Crippen molar-refractivity contribution in [3.05, 3.63) is 0 Å². The largest absolute Gasteiger partial charge is 0.522 e. The summed E-state index contributed by atoms with van der Waals surface area (Å²) < 4.78 is 59.7. The van der Waals surface area contributed by atoms with Gasteiger partial charge in [-0.2, -0.15) is 21.6 Å². The Morgan fingerprint density at radius 3 is 1.25 bits per heavy atom. The SMILES string of the molecule is C[Si](C)(C)OS(=O)(=O)C(F)(F)F.Cl.Cl.Cl.Cl. The molecular formula is C4H13Cl4F3O3SSi. The number of hydrogen-bond acceptors (Lipinski definition) is 3. The fourth-order valence-electron chi connectivity index (χ4n) is 0.376. The zero-order valence-electron chi connectivity index (χ0n) is 8.40. The van der Waals surface area contributed by atoms with Crippen molar-refractivity contribution in [2.75, 3.05) is 0 Å². The van der Waals surface area contributed by atoms with E-state index >= 15 is 0 Å². The van der Waals surface area contributed by atoms with Crippen LogP contribution in [0.5, 0.6) is 0 Å². The molecule has 0 amide bonds. The third-order valence-corrected chi connectivity index (χ3v) is 4.09. The molecule has 0 saturated heterocycles. The summed E-state index contributed by atoms with van der Waals surface area (Å²) in [6.07, 6.45) is 0. The van der Waals surface area contributed by atoms with Crippen LogP contribution in [0.1, 0.15) is 0 Å². The van der Waals surface area contributed by atoms with Crippen LogP contribution in [0.4, 0.5) is 13.2 Å². The molecule has 3 nitrogen and oxygen atoms in total. The van der Waals surface area contributed by atoms with Crippen LogP contribution in [-0.2, 0) is 14.0 Å². The van der Waals surface area contributed by atoms with E-state index in [4.69, 9.17) is 0 Å². The highest BCUT2D eigenvalue weighted by Gasteiger charge is 2.49. The summed E-state index contributed by atoms with van der Waals surface area (Å²) in [7, 11) is -8.10. The van der Waals surface area contributed by atoms with Crippen LogP contribution in [0, 0.1) is 0 Å². The smallest absolute Gasteiger partial charge is 0.309 e. The van der Waals surface area contributed by atoms with Gasteiger partial charge in [-0.25, -0.2) is 0 Å². The Bertz CT molecular complexity index is 263. The third kappa shape index (κ3) is 11.6. The van der Waals surface area contributed by atoms with Crippen LogP contribution in [0.3, 0.4) is 0 Å². The van der Waals surface area contributed by atoms with E-state index in [1.807, 2.05) is 0 Å². The van der Waals surface area contributed by atoms with E-state index in [0.717, 1.165) is 0 Å². The molecule has 12 heteroatoms. The van der Waals surface area contributed by atoms with Gasteiger partial charge < -0.3 is 3.87 Å². The summed E-state index contributed by atoms with van der Waals surface area (Å²) in [5, 5.41) is 0. The van der Waals surface area contributed by atoms with Gasteiger partial charge in [0.25, 0.3) is 0 Å². The maximum Gasteiger partial charge on any atom is 0.522 e. The molecule has 0 bridgehead atoms. The second-order valence-corrected chi connectivity index (χ2v) is 9.36. The first kappa shape index (κ1) is 30.3. The number of halogens is 7. The molecule has 0 aromatic heterocycles. The fraction of sp³-hybridized carbons (Fsp3) is 1.00. The molecular weight excluding hydrogens is 355 g/mol. The third-order valence-electron chi connectivity index (χ3n) is 0.643. The number of rotatable bonds is 2. The lowest BCUT2D eigenvalue weighted by Gasteiger charge is -2.17. The Labute approximate surface area is 118 Å². The van der Waals surface area contributed by atoms with Gasteiger partial charge in [0.2, 0.25) is 8.32 Å². The van der Waals surface area contributed by atoms with Gasteiger partial charge in [-0.3, -0.25) is 0 Å². The van der Waals surface area contributed by atoms with Crippen LogP contribution < -0.4 is 0 Å². The predicted octanol–water partition coefficient (Wildman–Crippen LogP) is 3.37. The van der Waals surface area contributed by atoms with Crippen molar-refractivity contribution < 1.29 is 25.5 Å². The van der Waals surface area contributed by atoms with E-state index in [9.17, 15) is 21.6 Å². The highest BCUT2D eigenvalue weighted by Crippen LogP contribution is 2.27. The lowest BCUT2D eigenvalue weighted by atomic mass is 11.6. The summed E-state index contributed by atoms with van der Waals surface area (Å²) in [6.45, 7) is 4.07. The molecule has 0 heterocycles. The van der Waals surface area contributed by atoms with Gasteiger partial charge in [-0.15, -0.1) is 49.6 Å². The summed E-state index contributed by atoms with van der Waals surface area (Å²) >= 11 is 0. The van der Waals surface area contributed by atoms with Crippen molar-refractivity contribution in [1.29, 1.82) is 0 Å². The van der Waals surface area contributed by atoms with Crippen molar-refractivity contribution in [3.63, 3.8) is 0 Å². The van der Waals surface area contributed by atoms with Gasteiger partial charge in [-0.1, -0.05) is 0 Å². The van der Waals surface area contributed by atoms with Gasteiger partial charge in [0.15, 0.2) is 0 Å². The van der Waals surface area contributed by atoms with Gasteiger partial charge >= 0.3 is 15.6 Å². The van der Waals surface area contributed by atoms with Crippen LogP contribution in [-0.4, -0.2) is 22.2 Å². The van der Waals surface area contributed by atoms with Crippen LogP contribution in [0.2, 0.25) is 19.6 Å². The Hall–Kier alpha value is 1.08. The number of alkyl halides is 3. The van der Waals surface area contributed by atoms with E-state index in [-0.39, 0.29) is 49.6 Å². The first-order valence-corrected chi connectivity index (χ1v) is 7.79.